The van der Waals surface area contributed by atoms with Gasteiger partial charge in [-0.1, -0.05) is 15.9 Å². The van der Waals surface area contributed by atoms with E-state index in [1.165, 1.54) is 5.56 Å². The standard InChI is InChI=1S/C14H20BrN3O/c1-10(16-2)12-8-11(15)4-5-13(12)18-7-3-6-17-14(19)9-18/h4-5,8,10,16H,3,6-7,9H2,1-2H3,(H,17,19). The van der Waals surface area contributed by atoms with Crippen molar-refractivity contribution in [1.82, 2.24) is 10.6 Å². The highest BCUT2D eigenvalue weighted by atomic mass is 79.9. The van der Waals surface area contributed by atoms with Crippen molar-refractivity contribution in [3.63, 3.8) is 0 Å². The van der Waals surface area contributed by atoms with Gasteiger partial charge in [-0.3, -0.25) is 4.79 Å². The lowest BCUT2D eigenvalue weighted by Crippen LogP contribution is -2.34. The van der Waals surface area contributed by atoms with Gasteiger partial charge in [-0.05, 0) is 44.2 Å². The number of nitrogens with one attached hydrogen (secondary N) is 2. The van der Waals surface area contributed by atoms with Gasteiger partial charge in [0.2, 0.25) is 5.91 Å². The number of rotatable bonds is 3. The van der Waals surface area contributed by atoms with E-state index in [4.69, 9.17) is 0 Å². The van der Waals surface area contributed by atoms with Crippen LogP contribution in [0, 0.1) is 0 Å². The van der Waals surface area contributed by atoms with Crippen molar-refractivity contribution in [2.24, 2.45) is 0 Å². The second kappa shape index (κ2) is 6.39. The van der Waals surface area contributed by atoms with Gasteiger partial charge in [-0.25, -0.2) is 0 Å². The molecule has 4 nitrogen and oxygen atoms in total. The largest absolute Gasteiger partial charge is 0.362 e. The van der Waals surface area contributed by atoms with Gasteiger partial charge in [-0.15, -0.1) is 0 Å². The first-order valence-electron chi connectivity index (χ1n) is 6.60. The van der Waals surface area contributed by atoms with Crippen LogP contribution in [-0.2, 0) is 4.79 Å². The van der Waals surface area contributed by atoms with E-state index >= 15 is 0 Å². The lowest BCUT2D eigenvalue weighted by atomic mass is 10.0. The lowest BCUT2D eigenvalue weighted by molar-refractivity contribution is -0.119. The second-order valence-electron chi connectivity index (χ2n) is 4.84. The Morgan fingerprint density at radius 2 is 2.26 bits per heavy atom. The fraction of sp³-hybridized carbons (Fsp3) is 0.500. The van der Waals surface area contributed by atoms with E-state index in [-0.39, 0.29) is 11.9 Å². The molecule has 1 aromatic rings. The first kappa shape index (κ1) is 14.3. The molecule has 1 atom stereocenters. The van der Waals surface area contributed by atoms with Gasteiger partial charge in [0.25, 0.3) is 0 Å². The number of carbonyl (C=O) groups is 1. The average Bonchev–Trinajstić information content (AvgIpc) is 2.62. The van der Waals surface area contributed by atoms with Crippen LogP contribution in [0.4, 0.5) is 5.69 Å². The van der Waals surface area contributed by atoms with Crippen molar-refractivity contribution >= 4 is 27.5 Å². The van der Waals surface area contributed by atoms with Gasteiger partial charge in [0.15, 0.2) is 0 Å². The summed E-state index contributed by atoms with van der Waals surface area (Å²) in [4.78, 5) is 13.9. The molecular weight excluding hydrogens is 306 g/mol. The van der Waals surface area contributed by atoms with E-state index in [9.17, 15) is 4.79 Å². The topological polar surface area (TPSA) is 44.4 Å². The monoisotopic (exact) mass is 325 g/mol. The molecule has 19 heavy (non-hydrogen) atoms. The normalized spacial score (nSPS) is 17.8. The molecule has 0 aliphatic carbocycles. The molecule has 0 spiro atoms. The molecule has 0 radical (unpaired) electrons. The highest BCUT2D eigenvalue weighted by Gasteiger charge is 2.19. The minimum atomic E-state index is 0.100. The van der Waals surface area contributed by atoms with Crippen LogP contribution < -0.4 is 15.5 Å². The zero-order valence-electron chi connectivity index (χ0n) is 11.4. The first-order chi connectivity index (χ1) is 9.11. The molecule has 1 aromatic carbocycles. The highest BCUT2D eigenvalue weighted by molar-refractivity contribution is 9.10. The van der Waals surface area contributed by atoms with Crippen molar-refractivity contribution < 1.29 is 4.79 Å². The summed E-state index contributed by atoms with van der Waals surface area (Å²) >= 11 is 3.52. The molecule has 0 aromatic heterocycles. The Morgan fingerprint density at radius 1 is 1.47 bits per heavy atom. The van der Waals surface area contributed by atoms with Crippen LogP contribution in [0.1, 0.15) is 24.9 Å². The van der Waals surface area contributed by atoms with Crippen LogP contribution >= 0.6 is 15.9 Å². The van der Waals surface area contributed by atoms with Crippen LogP contribution in [0.2, 0.25) is 0 Å². The predicted octanol–water partition coefficient (Wildman–Crippen LogP) is 2.06. The van der Waals surface area contributed by atoms with Crippen LogP contribution in [-0.4, -0.2) is 32.6 Å². The van der Waals surface area contributed by atoms with Crippen molar-refractivity contribution in [3.8, 4) is 0 Å². The fourth-order valence-electron chi connectivity index (χ4n) is 2.33. The number of halogens is 1. The van der Waals surface area contributed by atoms with E-state index in [1.54, 1.807) is 0 Å². The number of nitrogens with zero attached hydrogens (tertiary/aromatic N) is 1. The van der Waals surface area contributed by atoms with E-state index < -0.39 is 0 Å². The van der Waals surface area contributed by atoms with E-state index in [0.29, 0.717) is 6.54 Å². The quantitative estimate of drug-likeness (QED) is 0.894. The molecule has 1 saturated heterocycles. The summed E-state index contributed by atoms with van der Waals surface area (Å²) in [5.41, 5.74) is 2.36. The fourth-order valence-corrected chi connectivity index (χ4v) is 2.71. The molecule has 0 bridgehead atoms. The van der Waals surface area contributed by atoms with E-state index in [1.807, 2.05) is 13.1 Å². The third-order valence-electron chi connectivity index (χ3n) is 3.49. The van der Waals surface area contributed by atoms with Crippen molar-refractivity contribution in [1.29, 1.82) is 0 Å². The number of amides is 1. The van der Waals surface area contributed by atoms with Crippen molar-refractivity contribution in [2.45, 2.75) is 19.4 Å². The molecule has 1 amide bonds. The number of benzene rings is 1. The summed E-state index contributed by atoms with van der Waals surface area (Å²) < 4.78 is 1.06. The van der Waals surface area contributed by atoms with E-state index in [2.05, 4.69) is 50.5 Å². The highest BCUT2D eigenvalue weighted by Crippen LogP contribution is 2.29. The predicted molar refractivity (Wildman–Crippen MR) is 81.5 cm³/mol. The minimum Gasteiger partial charge on any atom is -0.362 e. The SMILES string of the molecule is CNC(C)c1cc(Br)ccc1N1CCCNC(=O)C1. The Labute approximate surface area is 122 Å². The summed E-state index contributed by atoms with van der Waals surface area (Å²) in [7, 11) is 1.95. The lowest BCUT2D eigenvalue weighted by Gasteiger charge is -2.26. The Bertz CT molecular complexity index is 464. The maximum absolute atomic E-state index is 11.7. The number of carbonyl (C=O) groups excluding carboxylic acids is 1. The van der Waals surface area contributed by atoms with E-state index in [0.717, 1.165) is 29.7 Å². The molecular formula is C14H20BrN3O. The van der Waals surface area contributed by atoms with Crippen molar-refractivity contribution in [2.75, 3.05) is 31.6 Å². The Hall–Kier alpha value is -1.07. The second-order valence-corrected chi connectivity index (χ2v) is 5.75. The number of hydrogen-bond donors (Lipinski definition) is 2. The molecule has 0 saturated carbocycles. The molecule has 1 aliphatic rings. The molecule has 1 heterocycles. The molecule has 2 rings (SSSR count). The van der Waals surface area contributed by atoms with Gasteiger partial charge >= 0.3 is 0 Å². The Kier molecular flexibility index (Phi) is 4.82. The van der Waals surface area contributed by atoms with Crippen molar-refractivity contribution in [3.05, 3.63) is 28.2 Å². The third-order valence-corrected chi connectivity index (χ3v) is 3.98. The van der Waals surface area contributed by atoms with Gasteiger partial charge in [0.05, 0.1) is 6.54 Å². The zero-order chi connectivity index (χ0) is 13.8. The van der Waals surface area contributed by atoms with Gasteiger partial charge in [0, 0.05) is 29.3 Å². The average molecular weight is 326 g/mol. The third kappa shape index (κ3) is 3.48. The maximum Gasteiger partial charge on any atom is 0.239 e. The molecule has 1 fully saturated rings. The summed E-state index contributed by atoms with van der Waals surface area (Å²) in [6, 6.07) is 6.49. The zero-order valence-corrected chi connectivity index (χ0v) is 13.0. The molecule has 1 unspecified atom stereocenters. The molecule has 5 heteroatoms. The summed E-state index contributed by atoms with van der Waals surface area (Å²) in [6.45, 7) is 4.24. The number of anilines is 1. The summed E-state index contributed by atoms with van der Waals surface area (Å²) in [5, 5.41) is 6.18. The summed E-state index contributed by atoms with van der Waals surface area (Å²) in [6.07, 6.45) is 0.981. The molecule has 1 aliphatic heterocycles. The van der Waals surface area contributed by atoms with Crippen LogP contribution in [0.3, 0.4) is 0 Å². The maximum atomic E-state index is 11.7. The summed E-state index contributed by atoms with van der Waals surface area (Å²) in [5.74, 6) is 0.100. The number of hydrogen-bond acceptors (Lipinski definition) is 3. The van der Waals surface area contributed by atoms with Gasteiger partial charge < -0.3 is 15.5 Å². The smallest absolute Gasteiger partial charge is 0.239 e. The minimum absolute atomic E-state index is 0.100. The molecule has 104 valence electrons. The Morgan fingerprint density at radius 3 is 3.00 bits per heavy atom. The van der Waals surface area contributed by atoms with Crippen LogP contribution in [0.25, 0.3) is 0 Å². The van der Waals surface area contributed by atoms with Crippen LogP contribution in [0.15, 0.2) is 22.7 Å². The van der Waals surface area contributed by atoms with Gasteiger partial charge in [-0.2, -0.15) is 0 Å². The Balaban J connectivity index is 2.34. The van der Waals surface area contributed by atoms with Gasteiger partial charge in [0.1, 0.15) is 0 Å². The van der Waals surface area contributed by atoms with Crippen LogP contribution in [0.5, 0.6) is 0 Å². The first-order valence-corrected chi connectivity index (χ1v) is 7.39. The molecule has 2 N–H and O–H groups in total.